The van der Waals surface area contributed by atoms with Gasteiger partial charge >= 0.3 is 0 Å². The zero-order valence-corrected chi connectivity index (χ0v) is 25.4. The maximum atomic E-state index is 15.7. The van der Waals surface area contributed by atoms with Crippen LogP contribution in [0, 0.1) is 5.82 Å². The van der Waals surface area contributed by atoms with Gasteiger partial charge in [0.1, 0.15) is 5.82 Å². The van der Waals surface area contributed by atoms with E-state index < -0.39 is 28.3 Å². The van der Waals surface area contributed by atoms with Crippen LogP contribution in [0.1, 0.15) is 20.3 Å². The van der Waals surface area contributed by atoms with E-state index in [1.54, 1.807) is 12.1 Å². The van der Waals surface area contributed by atoms with Gasteiger partial charge in [-0.05, 0) is 44.0 Å². The Kier molecular flexibility index (Phi) is 11.1. The van der Waals surface area contributed by atoms with Gasteiger partial charge in [-0.15, -0.1) is 0 Å². The second-order valence-corrected chi connectivity index (χ2v) is 11.5. The average Bonchev–Trinajstić information content (AvgIpc) is 3.02. The van der Waals surface area contributed by atoms with Crippen LogP contribution in [-0.2, 0) is 19.5 Å². The lowest BCUT2D eigenvalue weighted by atomic mass is 10.00. The van der Waals surface area contributed by atoms with Gasteiger partial charge in [0, 0.05) is 49.6 Å². The van der Waals surface area contributed by atoms with Gasteiger partial charge in [-0.3, -0.25) is 9.11 Å². The Morgan fingerprint density at radius 3 is 2.39 bits per heavy atom. The number of ether oxygens (including phenoxy) is 2. The lowest BCUT2D eigenvalue weighted by Gasteiger charge is -2.30. The molecule has 0 amide bonds. The molecule has 5 N–H and O–H groups in total. The Morgan fingerprint density at radius 2 is 1.75 bits per heavy atom. The fourth-order valence-electron chi connectivity index (χ4n) is 4.52. The van der Waals surface area contributed by atoms with Crippen molar-refractivity contribution in [1.29, 1.82) is 0 Å². The Morgan fingerprint density at radius 1 is 1.05 bits per heavy atom. The van der Waals surface area contributed by atoms with Crippen LogP contribution < -0.4 is 21.1 Å². The molecule has 0 spiro atoms. The molecule has 0 radical (unpaired) electrons. The molecule has 236 valence electrons. The Labute approximate surface area is 254 Å². The monoisotopic (exact) mass is 630 g/mol. The number of rotatable bonds is 10. The maximum absolute atomic E-state index is 15.7. The standard InChI is InChI=1S/C25H26F2N8O3S.C4H10O/c26-5-2-10-39(36,37)34-19-4-1-3-17(21(19)27)15-11-18-22(20(12-15)35-6-8-38-9-7-35)32-24(33-23(18)28)16-13-30-25(29)31-14-16;1-3-5-4-2/h1,3-4,11-14,34H,2,5-10H2,(H2,28,32,33)(H2,29,30,31);3-4H2,1-2H3. The number of sulfonamides is 1. The molecular weight excluding hydrogens is 594 g/mol. The number of benzene rings is 2. The zero-order chi connectivity index (χ0) is 31.7. The molecular formula is C29H36F2N8O4S. The molecule has 4 aromatic rings. The first-order valence-electron chi connectivity index (χ1n) is 14.1. The first-order valence-corrected chi connectivity index (χ1v) is 15.8. The summed E-state index contributed by atoms with van der Waals surface area (Å²) in [5.41, 5.74) is 14.1. The number of nitrogens with one attached hydrogen (secondary N) is 1. The molecule has 1 saturated heterocycles. The summed E-state index contributed by atoms with van der Waals surface area (Å²) in [6.45, 7) is 7.01. The number of hydrogen-bond acceptors (Lipinski definition) is 11. The number of nitrogens with two attached hydrogens (primary N) is 2. The summed E-state index contributed by atoms with van der Waals surface area (Å²) >= 11 is 0. The normalized spacial score (nSPS) is 13.4. The van der Waals surface area contributed by atoms with Gasteiger partial charge in [0.25, 0.3) is 0 Å². The first-order chi connectivity index (χ1) is 21.2. The lowest BCUT2D eigenvalue weighted by molar-refractivity contribution is 0.123. The largest absolute Gasteiger partial charge is 0.383 e. The third kappa shape index (κ3) is 8.03. The molecule has 1 aliphatic heterocycles. The van der Waals surface area contributed by atoms with Crippen LogP contribution in [0.25, 0.3) is 33.4 Å². The highest BCUT2D eigenvalue weighted by Crippen LogP contribution is 2.38. The van der Waals surface area contributed by atoms with Crippen molar-refractivity contribution in [3.63, 3.8) is 0 Å². The van der Waals surface area contributed by atoms with Crippen LogP contribution in [0.2, 0.25) is 0 Å². The fraction of sp³-hybridized carbons (Fsp3) is 0.379. The number of nitrogens with zero attached hydrogens (tertiary/aromatic N) is 5. The fourth-order valence-corrected chi connectivity index (χ4v) is 5.61. The van der Waals surface area contributed by atoms with Gasteiger partial charge < -0.3 is 25.8 Å². The van der Waals surface area contributed by atoms with E-state index in [1.165, 1.54) is 30.6 Å². The van der Waals surface area contributed by atoms with Crippen LogP contribution in [0.3, 0.4) is 0 Å². The minimum Gasteiger partial charge on any atom is -0.383 e. The van der Waals surface area contributed by atoms with Crippen LogP contribution in [0.5, 0.6) is 0 Å². The van der Waals surface area contributed by atoms with Gasteiger partial charge in [0.05, 0.1) is 48.1 Å². The molecule has 0 atom stereocenters. The molecule has 0 bridgehead atoms. The topological polar surface area (TPSA) is 171 Å². The van der Waals surface area contributed by atoms with Crippen molar-refractivity contribution < 1.29 is 26.7 Å². The first kappa shape index (κ1) is 32.7. The molecule has 1 aliphatic rings. The van der Waals surface area contributed by atoms with Crippen LogP contribution in [0.15, 0.2) is 42.7 Å². The second-order valence-electron chi connectivity index (χ2n) is 9.67. The number of nitrogen functional groups attached to an aromatic ring is 2. The predicted octanol–water partition coefficient (Wildman–Crippen LogP) is 4.04. The molecule has 44 heavy (non-hydrogen) atoms. The molecule has 5 rings (SSSR count). The van der Waals surface area contributed by atoms with Crippen molar-refractivity contribution in [2.75, 3.05) is 73.0 Å². The Hall–Kier alpha value is -4.21. The van der Waals surface area contributed by atoms with E-state index in [9.17, 15) is 12.8 Å². The second kappa shape index (κ2) is 15.0. The number of alkyl halides is 1. The van der Waals surface area contributed by atoms with Crippen molar-refractivity contribution in [2.45, 2.75) is 20.3 Å². The highest BCUT2D eigenvalue weighted by Gasteiger charge is 2.22. The number of halogens is 2. The molecule has 0 unspecified atom stereocenters. The summed E-state index contributed by atoms with van der Waals surface area (Å²) < 4.78 is 65.3. The van der Waals surface area contributed by atoms with Gasteiger partial charge in [0.2, 0.25) is 16.0 Å². The maximum Gasteiger partial charge on any atom is 0.232 e. The average molecular weight is 631 g/mol. The van der Waals surface area contributed by atoms with E-state index in [4.69, 9.17) is 25.9 Å². The molecule has 1 fully saturated rings. The van der Waals surface area contributed by atoms with Crippen LogP contribution >= 0.6 is 0 Å². The number of morpholine rings is 1. The summed E-state index contributed by atoms with van der Waals surface area (Å²) in [6.07, 6.45) is 2.82. The molecule has 0 aliphatic carbocycles. The number of anilines is 4. The Bertz CT molecular complexity index is 1670. The van der Waals surface area contributed by atoms with Crippen molar-refractivity contribution in [1.82, 2.24) is 19.9 Å². The van der Waals surface area contributed by atoms with Crippen molar-refractivity contribution in [3.8, 4) is 22.5 Å². The summed E-state index contributed by atoms with van der Waals surface area (Å²) in [5, 5.41) is 0.488. The summed E-state index contributed by atoms with van der Waals surface area (Å²) in [4.78, 5) is 19.2. The molecule has 12 nitrogen and oxygen atoms in total. The highest BCUT2D eigenvalue weighted by molar-refractivity contribution is 7.92. The molecule has 15 heteroatoms. The minimum absolute atomic E-state index is 0.111. The summed E-state index contributed by atoms with van der Waals surface area (Å²) in [7, 11) is -3.93. The smallest absolute Gasteiger partial charge is 0.232 e. The van der Waals surface area contributed by atoms with Crippen LogP contribution in [0.4, 0.5) is 31.9 Å². The lowest BCUT2D eigenvalue weighted by Crippen LogP contribution is -2.36. The predicted molar refractivity (Wildman–Crippen MR) is 168 cm³/mol. The number of aromatic nitrogens is 4. The SMILES string of the molecule is CCOCC.Nc1ncc(-c2nc(N)c3cc(-c4cccc(NS(=O)(=O)CCCF)c4F)cc(N4CCOCC4)c3n2)cn1. The summed E-state index contributed by atoms with van der Waals surface area (Å²) in [5.74, 6) is -0.659. The highest BCUT2D eigenvalue weighted by atomic mass is 32.2. The van der Waals surface area contributed by atoms with Crippen molar-refractivity contribution in [3.05, 3.63) is 48.5 Å². The van der Waals surface area contributed by atoms with E-state index in [-0.39, 0.29) is 29.4 Å². The third-order valence-corrected chi connectivity index (χ3v) is 7.98. The van der Waals surface area contributed by atoms with Crippen molar-refractivity contribution >= 4 is 44.1 Å². The van der Waals surface area contributed by atoms with Gasteiger partial charge in [-0.1, -0.05) is 12.1 Å². The molecule has 3 heterocycles. The third-order valence-electron chi connectivity index (χ3n) is 6.62. The van der Waals surface area contributed by atoms with Gasteiger partial charge in [0.15, 0.2) is 11.6 Å². The van der Waals surface area contributed by atoms with E-state index in [1.807, 2.05) is 13.8 Å². The quantitative estimate of drug-likeness (QED) is 0.231. The number of hydrogen-bond donors (Lipinski definition) is 3. The van der Waals surface area contributed by atoms with Gasteiger partial charge in [-0.25, -0.2) is 32.7 Å². The minimum atomic E-state index is -3.93. The van der Waals surface area contributed by atoms with E-state index in [0.29, 0.717) is 59.8 Å². The zero-order valence-electron chi connectivity index (χ0n) is 24.6. The van der Waals surface area contributed by atoms with E-state index in [0.717, 1.165) is 13.2 Å². The Balaban J connectivity index is 0.000000818. The van der Waals surface area contributed by atoms with Gasteiger partial charge in [-0.2, -0.15) is 0 Å². The molecule has 0 saturated carbocycles. The van der Waals surface area contributed by atoms with Crippen molar-refractivity contribution in [2.24, 2.45) is 0 Å². The molecule has 2 aromatic heterocycles. The van der Waals surface area contributed by atoms with E-state index >= 15 is 4.39 Å². The molecule has 2 aromatic carbocycles. The van der Waals surface area contributed by atoms with E-state index in [2.05, 4.69) is 24.6 Å². The van der Waals surface area contributed by atoms with Crippen LogP contribution in [-0.4, -0.2) is 80.3 Å². The number of fused-ring (bicyclic) bond motifs is 1. The summed E-state index contributed by atoms with van der Waals surface area (Å²) in [6, 6.07) is 7.83.